The molecule has 0 spiro atoms. The van der Waals surface area contributed by atoms with Crippen molar-refractivity contribution in [3.63, 3.8) is 0 Å². The molecule has 0 aliphatic heterocycles. The van der Waals surface area contributed by atoms with Crippen LogP contribution in [0.2, 0.25) is 0 Å². The Morgan fingerprint density at radius 2 is 1.56 bits per heavy atom. The van der Waals surface area contributed by atoms with Gasteiger partial charge in [0.15, 0.2) is 0 Å². The average Bonchev–Trinajstić information content (AvgIpc) is 3.20. The average molecular weight is 479 g/mol. The summed E-state index contributed by atoms with van der Waals surface area (Å²) >= 11 is 0. The molecular formula is C27H42O7. The van der Waals surface area contributed by atoms with Gasteiger partial charge in [-0.1, -0.05) is 20.8 Å². The van der Waals surface area contributed by atoms with Gasteiger partial charge in [0.25, 0.3) is 0 Å². The van der Waals surface area contributed by atoms with Gasteiger partial charge < -0.3 is 14.2 Å². The largest absolute Gasteiger partial charge is 0.469 e. The van der Waals surface area contributed by atoms with E-state index in [2.05, 4.69) is 20.8 Å². The molecule has 192 valence electrons. The minimum atomic E-state index is -0.490. The van der Waals surface area contributed by atoms with Crippen LogP contribution in [0.5, 0.6) is 0 Å². The normalized spacial score (nSPS) is 37.8. The van der Waals surface area contributed by atoms with E-state index in [9.17, 15) is 19.2 Å². The molecular weight excluding hydrogens is 436 g/mol. The summed E-state index contributed by atoms with van der Waals surface area (Å²) in [6.07, 6.45) is 5.87. The highest BCUT2D eigenvalue weighted by molar-refractivity contribution is 5.87. The zero-order valence-electron chi connectivity index (χ0n) is 21.7. The number of hydrogen-bond donors (Lipinski definition) is 0. The molecule has 7 heteroatoms. The fourth-order valence-corrected chi connectivity index (χ4v) is 8.12. The summed E-state index contributed by atoms with van der Waals surface area (Å²) in [5, 5.41) is 0. The lowest BCUT2D eigenvalue weighted by atomic mass is 9.45. The minimum absolute atomic E-state index is 0.0460. The summed E-state index contributed by atoms with van der Waals surface area (Å²) in [5.74, 6) is 0.365. The van der Waals surface area contributed by atoms with Crippen LogP contribution in [0.15, 0.2) is 0 Å². The Labute approximate surface area is 203 Å². The summed E-state index contributed by atoms with van der Waals surface area (Å²) in [5.41, 5.74) is -0.895. The first kappa shape index (κ1) is 26.7. The van der Waals surface area contributed by atoms with E-state index in [0.29, 0.717) is 25.2 Å². The maximum atomic E-state index is 13.9. The van der Waals surface area contributed by atoms with E-state index >= 15 is 0 Å². The third-order valence-electron chi connectivity index (χ3n) is 10.1. The molecule has 3 fully saturated rings. The van der Waals surface area contributed by atoms with Crippen molar-refractivity contribution < 1.29 is 33.4 Å². The number of methoxy groups -OCH3 is 3. The summed E-state index contributed by atoms with van der Waals surface area (Å²) < 4.78 is 14.9. The van der Waals surface area contributed by atoms with E-state index in [1.807, 2.05) is 0 Å². The SMILES string of the molecule is COC(=O)CC[C@@H](C)[C@H]1CC[C@@H]2[C@H]3CC[C@H](C(=O)OC)[C@@](C)(CCC(=O)OC)[C@@H]3CC(=O)[C@@]21C. The van der Waals surface area contributed by atoms with E-state index in [0.717, 1.165) is 32.1 Å². The van der Waals surface area contributed by atoms with Crippen LogP contribution in [0.25, 0.3) is 0 Å². The Bertz CT molecular complexity index is 807. The second-order valence-electron chi connectivity index (χ2n) is 11.3. The highest BCUT2D eigenvalue weighted by atomic mass is 16.5. The number of Topliss-reactive ketones (excluding diaryl/α,β-unsaturated/α-hetero) is 1. The molecule has 0 aromatic carbocycles. The molecule has 3 aliphatic carbocycles. The lowest BCUT2D eigenvalue weighted by molar-refractivity contribution is -0.171. The molecule has 0 N–H and O–H groups in total. The molecule has 0 heterocycles. The first-order valence-electron chi connectivity index (χ1n) is 12.8. The predicted octanol–water partition coefficient (Wildman–Crippen LogP) is 4.36. The maximum absolute atomic E-state index is 13.9. The highest BCUT2D eigenvalue weighted by Gasteiger charge is 2.64. The minimum Gasteiger partial charge on any atom is -0.469 e. The molecule has 3 rings (SSSR count). The number of fused-ring (bicyclic) bond motifs is 3. The lowest BCUT2D eigenvalue weighted by Crippen LogP contribution is -2.57. The van der Waals surface area contributed by atoms with Crippen LogP contribution < -0.4 is 0 Å². The van der Waals surface area contributed by atoms with E-state index in [1.54, 1.807) is 0 Å². The Morgan fingerprint density at radius 3 is 2.18 bits per heavy atom. The molecule has 0 aromatic heterocycles. The fraction of sp³-hybridized carbons (Fsp3) is 0.852. The smallest absolute Gasteiger partial charge is 0.309 e. The molecule has 3 aliphatic rings. The van der Waals surface area contributed by atoms with Crippen LogP contribution >= 0.6 is 0 Å². The lowest BCUT2D eigenvalue weighted by Gasteiger charge is -2.58. The standard InChI is InChI=1S/C27H42O7/c1-16(7-12-23(29)32-4)18-10-11-19-17-8-9-20(25(31)34-6)26(2,14-13-24(30)33-5)21(17)15-22(28)27(18,19)3/h16-21H,7-15H2,1-6H3/t16-,17-,18-,19-,20-,21-,26-,27-/m1/s1. The van der Waals surface area contributed by atoms with Gasteiger partial charge in [0.1, 0.15) is 5.78 Å². The Kier molecular flexibility index (Phi) is 8.14. The Balaban J connectivity index is 1.87. The van der Waals surface area contributed by atoms with Crippen LogP contribution in [0.3, 0.4) is 0 Å². The van der Waals surface area contributed by atoms with Gasteiger partial charge in [-0.15, -0.1) is 0 Å². The topological polar surface area (TPSA) is 96.0 Å². The van der Waals surface area contributed by atoms with E-state index in [4.69, 9.17) is 14.2 Å². The third kappa shape index (κ3) is 4.51. The Hall–Kier alpha value is -1.92. The molecule has 0 aromatic rings. The van der Waals surface area contributed by atoms with Crippen LogP contribution in [-0.2, 0) is 33.4 Å². The molecule has 0 radical (unpaired) electrons. The number of hydrogen-bond acceptors (Lipinski definition) is 7. The van der Waals surface area contributed by atoms with Gasteiger partial charge in [0, 0.05) is 24.7 Å². The Morgan fingerprint density at radius 1 is 0.912 bits per heavy atom. The number of carbonyl (C=O) groups excluding carboxylic acids is 4. The number of rotatable bonds is 8. The van der Waals surface area contributed by atoms with Gasteiger partial charge in [-0.25, -0.2) is 0 Å². The quantitative estimate of drug-likeness (QED) is 0.378. The number of ether oxygens (including phenoxy) is 3. The summed E-state index contributed by atoms with van der Waals surface area (Å²) in [7, 11) is 4.20. The second kappa shape index (κ2) is 10.4. The molecule has 0 bridgehead atoms. The molecule has 0 amide bonds. The third-order valence-corrected chi connectivity index (χ3v) is 10.1. The predicted molar refractivity (Wildman–Crippen MR) is 125 cm³/mol. The van der Waals surface area contributed by atoms with Crippen molar-refractivity contribution >= 4 is 23.7 Å². The van der Waals surface area contributed by atoms with Gasteiger partial charge in [0.05, 0.1) is 27.2 Å². The van der Waals surface area contributed by atoms with Crippen LogP contribution in [0.1, 0.15) is 78.6 Å². The van der Waals surface area contributed by atoms with Crippen molar-refractivity contribution in [2.45, 2.75) is 78.6 Å². The van der Waals surface area contributed by atoms with Gasteiger partial charge in [-0.05, 0) is 73.5 Å². The summed E-state index contributed by atoms with van der Waals surface area (Å²) in [6, 6.07) is 0. The van der Waals surface area contributed by atoms with Crippen molar-refractivity contribution in [1.29, 1.82) is 0 Å². The van der Waals surface area contributed by atoms with E-state index in [1.165, 1.54) is 21.3 Å². The fourth-order valence-electron chi connectivity index (χ4n) is 8.12. The number of ketones is 1. The van der Waals surface area contributed by atoms with Crippen molar-refractivity contribution in [1.82, 2.24) is 0 Å². The van der Waals surface area contributed by atoms with Crippen LogP contribution in [-0.4, -0.2) is 45.0 Å². The molecule has 34 heavy (non-hydrogen) atoms. The monoisotopic (exact) mass is 478 g/mol. The number of carbonyl (C=O) groups is 4. The molecule has 7 nitrogen and oxygen atoms in total. The van der Waals surface area contributed by atoms with Crippen LogP contribution in [0.4, 0.5) is 0 Å². The van der Waals surface area contributed by atoms with Gasteiger partial charge in [0.2, 0.25) is 0 Å². The number of esters is 3. The zero-order valence-corrected chi connectivity index (χ0v) is 21.7. The second-order valence-corrected chi connectivity index (χ2v) is 11.3. The molecule has 0 saturated heterocycles. The first-order valence-corrected chi connectivity index (χ1v) is 12.8. The summed E-state index contributed by atoms with van der Waals surface area (Å²) in [4.78, 5) is 50.4. The summed E-state index contributed by atoms with van der Waals surface area (Å²) in [6.45, 7) is 6.39. The molecule has 8 atom stereocenters. The maximum Gasteiger partial charge on any atom is 0.309 e. The molecule has 0 unspecified atom stereocenters. The molecule has 3 saturated carbocycles. The van der Waals surface area contributed by atoms with Crippen LogP contribution in [0, 0.1) is 46.3 Å². The van der Waals surface area contributed by atoms with Crippen molar-refractivity contribution in [3.8, 4) is 0 Å². The van der Waals surface area contributed by atoms with Gasteiger partial charge in [-0.3, -0.25) is 19.2 Å². The van der Waals surface area contributed by atoms with E-state index < -0.39 is 10.8 Å². The highest BCUT2D eigenvalue weighted by Crippen LogP contribution is 2.66. The zero-order chi connectivity index (χ0) is 25.3. The van der Waals surface area contributed by atoms with Crippen molar-refractivity contribution in [2.75, 3.05) is 21.3 Å². The van der Waals surface area contributed by atoms with Gasteiger partial charge >= 0.3 is 17.9 Å². The van der Waals surface area contributed by atoms with Gasteiger partial charge in [-0.2, -0.15) is 0 Å². The first-order chi connectivity index (χ1) is 16.0. The van der Waals surface area contributed by atoms with Crippen molar-refractivity contribution in [2.24, 2.45) is 46.3 Å². The van der Waals surface area contributed by atoms with E-state index in [-0.39, 0.29) is 59.7 Å². The van der Waals surface area contributed by atoms with Crippen molar-refractivity contribution in [3.05, 3.63) is 0 Å².